The molecule has 4 rings (SSSR count). The third-order valence-electron chi connectivity index (χ3n) is 4.53. The average Bonchev–Trinajstić information content (AvgIpc) is 3.14. The zero-order valence-electron chi connectivity index (χ0n) is 13.4. The predicted molar refractivity (Wildman–Crippen MR) is 87.2 cm³/mol. The zero-order chi connectivity index (χ0) is 15.8. The Morgan fingerprint density at radius 1 is 1.22 bits per heavy atom. The van der Waals surface area contributed by atoms with E-state index in [1.54, 1.807) is 6.20 Å². The van der Waals surface area contributed by atoms with Crippen LogP contribution >= 0.6 is 0 Å². The Hall–Kier alpha value is -2.41. The summed E-state index contributed by atoms with van der Waals surface area (Å²) < 4.78 is 7.73. The molecule has 23 heavy (non-hydrogen) atoms. The Balaban J connectivity index is 1.41. The van der Waals surface area contributed by atoms with Crippen LogP contribution in [0.25, 0.3) is 11.2 Å². The average molecular weight is 312 g/mol. The van der Waals surface area contributed by atoms with Crippen molar-refractivity contribution in [3.63, 3.8) is 0 Å². The first-order valence-electron chi connectivity index (χ1n) is 7.87. The zero-order valence-corrected chi connectivity index (χ0v) is 13.4. The summed E-state index contributed by atoms with van der Waals surface area (Å²) in [4.78, 5) is 13.3. The standard InChI is InChI=1S/C16H20N6O/c1-12-13(10-18-20(12)2)11-21-6-8-22(9-7-21)16-19-15-14(23-16)4-3-5-17-15/h3-5,10H,6-9,11H2,1-2H3. The van der Waals surface area contributed by atoms with Crippen LogP contribution < -0.4 is 4.90 Å². The third kappa shape index (κ3) is 2.68. The summed E-state index contributed by atoms with van der Waals surface area (Å²) in [5.41, 5.74) is 3.95. The Bertz CT molecular complexity index is 782. The highest BCUT2D eigenvalue weighted by Crippen LogP contribution is 2.21. The van der Waals surface area contributed by atoms with E-state index in [1.165, 1.54) is 11.3 Å². The van der Waals surface area contributed by atoms with Gasteiger partial charge >= 0.3 is 0 Å². The van der Waals surface area contributed by atoms with Crippen LogP contribution in [0.3, 0.4) is 0 Å². The molecule has 0 spiro atoms. The highest BCUT2D eigenvalue weighted by molar-refractivity contribution is 5.69. The highest BCUT2D eigenvalue weighted by Gasteiger charge is 2.22. The predicted octanol–water partition coefficient (Wildman–Crippen LogP) is 1.59. The summed E-state index contributed by atoms with van der Waals surface area (Å²) in [6.07, 6.45) is 3.71. The maximum Gasteiger partial charge on any atom is 0.300 e. The number of pyridine rings is 1. The lowest BCUT2D eigenvalue weighted by Crippen LogP contribution is -2.46. The van der Waals surface area contributed by atoms with E-state index in [0.29, 0.717) is 11.7 Å². The molecule has 1 aliphatic rings. The van der Waals surface area contributed by atoms with Crippen molar-refractivity contribution in [3.05, 3.63) is 35.8 Å². The largest absolute Gasteiger partial charge is 0.422 e. The molecule has 0 N–H and O–H groups in total. The lowest BCUT2D eigenvalue weighted by molar-refractivity contribution is 0.245. The Kier molecular flexibility index (Phi) is 3.49. The van der Waals surface area contributed by atoms with E-state index < -0.39 is 0 Å². The second-order valence-electron chi connectivity index (χ2n) is 5.96. The number of nitrogens with zero attached hydrogens (tertiary/aromatic N) is 6. The molecular weight excluding hydrogens is 292 g/mol. The molecule has 0 bridgehead atoms. The van der Waals surface area contributed by atoms with Crippen LogP contribution in [0.1, 0.15) is 11.3 Å². The minimum absolute atomic E-state index is 0.677. The topological polar surface area (TPSA) is 63.2 Å². The molecule has 4 heterocycles. The van der Waals surface area contributed by atoms with E-state index in [-0.39, 0.29) is 0 Å². The van der Waals surface area contributed by atoms with Gasteiger partial charge in [-0.1, -0.05) is 0 Å². The van der Waals surface area contributed by atoms with Crippen LogP contribution in [0, 0.1) is 6.92 Å². The number of aryl methyl sites for hydroxylation is 1. The van der Waals surface area contributed by atoms with Gasteiger partial charge in [-0.15, -0.1) is 0 Å². The fourth-order valence-electron chi connectivity index (χ4n) is 2.93. The number of rotatable bonds is 3. The minimum atomic E-state index is 0.677. The van der Waals surface area contributed by atoms with Gasteiger partial charge in [0.05, 0.1) is 6.20 Å². The second kappa shape index (κ2) is 5.66. The summed E-state index contributed by atoms with van der Waals surface area (Å²) in [7, 11) is 1.98. The van der Waals surface area contributed by atoms with Gasteiger partial charge in [-0.05, 0) is 19.1 Å². The Morgan fingerprint density at radius 2 is 2.04 bits per heavy atom. The minimum Gasteiger partial charge on any atom is -0.422 e. The van der Waals surface area contributed by atoms with Gasteiger partial charge in [-0.2, -0.15) is 10.1 Å². The van der Waals surface area contributed by atoms with E-state index >= 15 is 0 Å². The van der Waals surface area contributed by atoms with Gasteiger partial charge in [0.15, 0.2) is 5.58 Å². The van der Waals surface area contributed by atoms with Crippen molar-refractivity contribution in [2.24, 2.45) is 7.05 Å². The molecule has 0 amide bonds. The molecule has 1 fully saturated rings. The lowest BCUT2D eigenvalue weighted by atomic mass is 10.2. The molecule has 0 atom stereocenters. The number of hydrogen-bond acceptors (Lipinski definition) is 6. The van der Waals surface area contributed by atoms with Crippen molar-refractivity contribution in [1.82, 2.24) is 24.6 Å². The first-order valence-corrected chi connectivity index (χ1v) is 7.87. The van der Waals surface area contributed by atoms with Crippen LogP contribution in [-0.4, -0.2) is 50.8 Å². The molecule has 0 unspecified atom stereocenters. The molecular formula is C16H20N6O. The summed E-state index contributed by atoms with van der Waals surface area (Å²) in [5.74, 6) is 0. The van der Waals surface area contributed by atoms with Gasteiger partial charge in [0, 0.05) is 57.2 Å². The molecule has 3 aromatic rings. The van der Waals surface area contributed by atoms with Crippen LogP contribution in [0.5, 0.6) is 0 Å². The molecule has 3 aromatic heterocycles. The number of aromatic nitrogens is 4. The van der Waals surface area contributed by atoms with Gasteiger partial charge in [-0.3, -0.25) is 9.58 Å². The van der Waals surface area contributed by atoms with E-state index in [0.717, 1.165) is 38.3 Å². The van der Waals surface area contributed by atoms with E-state index in [2.05, 4.69) is 31.8 Å². The normalized spacial score (nSPS) is 16.3. The Morgan fingerprint density at radius 3 is 2.74 bits per heavy atom. The lowest BCUT2D eigenvalue weighted by Gasteiger charge is -2.33. The maximum absolute atomic E-state index is 5.80. The molecule has 0 aliphatic carbocycles. The monoisotopic (exact) mass is 312 g/mol. The van der Waals surface area contributed by atoms with Gasteiger partial charge in [-0.25, -0.2) is 4.98 Å². The molecule has 1 aliphatic heterocycles. The summed E-state index contributed by atoms with van der Waals surface area (Å²) in [6, 6.07) is 4.45. The van der Waals surface area contributed by atoms with Crippen molar-refractivity contribution in [1.29, 1.82) is 0 Å². The maximum atomic E-state index is 5.80. The van der Waals surface area contributed by atoms with Crippen molar-refractivity contribution in [3.8, 4) is 0 Å². The van der Waals surface area contributed by atoms with Crippen molar-refractivity contribution in [2.75, 3.05) is 31.1 Å². The molecule has 7 heteroatoms. The number of piperazine rings is 1. The Labute approximate surface area is 134 Å². The highest BCUT2D eigenvalue weighted by atomic mass is 16.4. The van der Waals surface area contributed by atoms with Crippen LogP contribution in [0.2, 0.25) is 0 Å². The molecule has 1 saturated heterocycles. The smallest absolute Gasteiger partial charge is 0.300 e. The number of fused-ring (bicyclic) bond motifs is 1. The van der Waals surface area contributed by atoms with Crippen LogP contribution in [0.4, 0.5) is 6.01 Å². The number of anilines is 1. The van der Waals surface area contributed by atoms with Crippen molar-refractivity contribution in [2.45, 2.75) is 13.5 Å². The van der Waals surface area contributed by atoms with Crippen molar-refractivity contribution >= 4 is 17.2 Å². The van der Waals surface area contributed by atoms with E-state index in [1.807, 2.05) is 30.1 Å². The molecule has 0 saturated carbocycles. The molecule has 0 aromatic carbocycles. The fraction of sp³-hybridized carbons (Fsp3) is 0.438. The number of oxazole rings is 1. The third-order valence-corrected chi connectivity index (χ3v) is 4.53. The van der Waals surface area contributed by atoms with E-state index in [4.69, 9.17) is 4.42 Å². The first kappa shape index (κ1) is 14.2. The first-order chi connectivity index (χ1) is 11.2. The molecule has 7 nitrogen and oxygen atoms in total. The second-order valence-corrected chi connectivity index (χ2v) is 5.96. The SMILES string of the molecule is Cc1c(CN2CCN(c3nc4ncccc4o3)CC2)cnn1C. The van der Waals surface area contributed by atoms with Gasteiger partial charge in [0.2, 0.25) is 5.65 Å². The summed E-state index contributed by atoms with van der Waals surface area (Å²) in [5, 5.41) is 4.32. The van der Waals surface area contributed by atoms with Gasteiger partial charge < -0.3 is 9.32 Å². The van der Waals surface area contributed by atoms with E-state index in [9.17, 15) is 0 Å². The summed E-state index contributed by atoms with van der Waals surface area (Å²) in [6.45, 7) is 6.85. The summed E-state index contributed by atoms with van der Waals surface area (Å²) >= 11 is 0. The molecule has 120 valence electrons. The van der Waals surface area contributed by atoms with Crippen LogP contribution in [0.15, 0.2) is 28.9 Å². The van der Waals surface area contributed by atoms with Crippen LogP contribution in [-0.2, 0) is 13.6 Å². The van der Waals surface area contributed by atoms with Gasteiger partial charge in [0.1, 0.15) is 0 Å². The van der Waals surface area contributed by atoms with Gasteiger partial charge in [0.25, 0.3) is 6.01 Å². The number of hydrogen-bond donors (Lipinski definition) is 0. The molecule has 0 radical (unpaired) electrons. The van der Waals surface area contributed by atoms with Crippen molar-refractivity contribution < 1.29 is 4.42 Å². The quantitative estimate of drug-likeness (QED) is 0.732. The fourth-order valence-corrected chi connectivity index (χ4v) is 2.93.